The lowest BCUT2D eigenvalue weighted by atomic mass is 9.83. The van der Waals surface area contributed by atoms with E-state index >= 15 is 0 Å². The van der Waals surface area contributed by atoms with Crippen LogP contribution in [0.5, 0.6) is 0 Å². The number of ether oxygens (including phenoxy) is 2. The number of halogens is 2. The standard InChI is InChI=1S/C11H19F2NO4/c1-3-17-8-7-14-6-5-10(8,16)11(12,13)9(15)18-4-2/h8,14,16H,3-7H2,1-2H3. The van der Waals surface area contributed by atoms with E-state index in [0.29, 0.717) is 0 Å². The first-order chi connectivity index (χ1) is 8.40. The van der Waals surface area contributed by atoms with Gasteiger partial charge in [-0.2, -0.15) is 8.78 Å². The van der Waals surface area contributed by atoms with E-state index in [0.717, 1.165) is 0 Å². The maximum Gasteiger partial charge on any atom is 0.380 e. The first-order valence-electron chi connectivity index (χ1n) is 5.99. The molecule has 0 aromatic rings. The third-order valence-electron chi connectivity index (χ3n) is 2.99. The van der Waals surface area contributed by atoms with E-state index < -0.39 is 23.6 Å². The van der Waals surface area contributed by atoms with Gasteiger partial charge >= 0.3 is 11.9 Å². The van der Waals surface area contributed by atoms with Crippen molar-refractivity contribution in [2.75, 3.05) is 26.3 Å². The summed E-state index contributed by atoms with van der Waals surface area (Å²) in [5.74, 6) is -5.69. The number of carbonyl (C=O) groups excluding carboxylic acids is 1. The van der Waals surface area contributed by atoms with E-state index in [9.17, 15) is 18.7 Å². The van der Waals surface area contributed by atoms with Gasteiger partial charge in [0.1, 0.15) is 6.10 Å². The van der Waals surface area contributed by atoms with Gasteiger partial charge in [-0.25, -0.2) is 4.79 Å². The van der Waals surface area contributed by atoms with Gasteiger partial charge in [0.15, 0.2) is 5.60 Å². The number of rotatable bonds is 5. The molecule has 2 atom stereocenters. The van der Waals surface area contributed by atoms with Crippen LogP contribution in [0.1, 0.15) is 20.3 Å². The molecule has 0 radical (unpaired) electrons. The fraction of sp³-hybridized carbons (Fsp3) is 0.909. The Bertz CT molecular complexity index is 299. The second kappa shape index (κ2) is 5.90. The summed E-state index contributed by atoms with van der Waals surface area (Å²) in [4.78, 5) is 11.3. The van der Waals surface area contributed by atoms with Crippen molar-refractivity contribution in [1.29, 1.82) is 0 Å². The van der Waals surface area contributed by atoms with Gasteiger partial charge in [0.05, 0.1) is 6.61 Å². The summed E-state index contributed by atoms with van der Waals surface area (Å²) in [5, 5.41) is 13.0. The molecule has 1 aliphatic heterocycles. The predicted octanol–water partition coefficient (Wildman–Crippen LogP) is 0.314. The van der Waals surface area contributed by atoms with Crippen LogP contribution < -0.4 is 5.32 Å². The zero-order chi connectivity index (χ0) is 13.8. The number of piperidine rings is 1. The van der Waals surface area contributed by atoms with Gasteiger partial charge in [0, 0.05) is 13.2 Å². The number of aliphatic hydroxyl groups is 1. The maximum atomic E-state index is 14.0. The Balaban J connectivity index is 2.95. The number of hydrogen-bond acceptors (Lipinski definition) is 5. The lowest BCUT2D eigenvalue weighted by molar-refractivity contribution is -0.250. The van der Waals surface area contributed by atoms with Gasteiger partial charge in [-0.3, -0.25) is 0 Å². The molecule has 0 saturated carbocycles. The van der Waals surface area contributed by atoms with E-state index in [1.165, 1.54) is 6.92 Å². The Morgan fingerprint density at radius 2 is 2.17 bits per heavy atom. The first-order valence-corrected chi connectivity index (χ1v) is 5.99. The highest BCUT2D eigenvalue weighted by Gasteiger charge is 2.64. The van der Waals surface area contributed by atoms with Crippen LogP contribution in [0.3, 0.4) is 0 Å². The van der Waals surface area contributed by atoms with Crippen LogP contribution in [0.15, 0.2) is 0 Å². The average molecular weight is 267 g/mol. The van der Waals surface area contributed by atoms with Gasteiger partial charge in [-0.05, 0) is 26.8 Å². The number of carbonyl (C=O) groups is 1. The highest BCUT2D eigenvalue weighted by molar-refractivity contribution is 5.79. The fourth-order valence-electron chi connectivity index (χ4n) is 2.00. The van der Waals surface area contributed by atoms with Crippen molar-refractivity contribution < 1.29 is 28.2 Å². The third kappa shape index (κ3) is 2.62. The monoisotopic (exact) mass is 267 g/mol. The van der Waals surface area contributed by atoms with Crippen LogP contribution in [0.2, 0.25) is 0 Å². The molecule has 106 valence electrons. The van der Waals surface area contributed by atoms with Crippen molar-refractivity contribution >= 4 is 5.97 Å². The van der Waals surface area contributed by atoms with Gasteiger partial charge in [-0.1, -0.05) is 0 Å². The van der Waals surface area contributed by atoms with E-state index in [2.05, 4.69) is 10.1 Å². The van der Waals surface area contributed by atoms with E-state index in [1.807, 2.05) is 0 Å². The second-order valence-electron chi connectivity index (χ2n) is 4.12. The summed E-state index contributed by atoms with van der Waals surface area (Å²) in [6.45, 7) is 3.34. The molecule has 1 heterocycles. The highest BCUT2D eigenvalue weighted by atomic mass is 19.3. The maximum absolute atomic E-state index is 14.0. The number of nitrogens with one attached hydrogen (secondary N) is 1. The largest absolute Gasteiger partial charge is 0.461 e. The lowest BCUT2D eigenvalue weighted by Crippen LogP contribution is -2.67. The summed E-state index contributed by atoms with van der Waals surface area (Å²) in [7, 11) is 0. The molecule has 0 aromatic carbocycles. The van der Waals surface area contributed by atoms with Crippen molar-refractivity contribution in [3.8, 4) is 0 Å². The minimum absolute atomic E-state index is 0.0688. The zero-order valence-corrected chi connectivity index (χ0v) is 10.5. The van der Waals surface area contributed by atoms with Crippen molar-refractivity contribution in [3.63, 3.8) is 0 Å². The van der Waals surface area contributed by atoms with Gasteiger partial charge < -0.3 is 19.9 Å². The van der Waals surface area contributed by atoms with Crippen molar-refractivity contribution in [2.24, 2.45) is 0 Å². The van der Waals surface area contributed by atoms with Crippen LogP contribution in [-0.4, -0.2) is 55.0 Å². The van der Waals surface area contributed by atoms with E-state index in [-0.39, 0.29) is 32.7 Å². The molecule has 7 heteroatoms. The highest BCUT2D eigenvalue weighted by Crippen LogP contribution is 2.38. The van der Waals surface area contributed by atoms with Crippen molar-refractivity contribution in [1.82, 2.24) is 5.32 Å². The van der Waals surface area contributed by atoms with Crippen LogP contribution in [0.25, 0.3) is 0 Å². The third-order valence-corrected chi connectivity index (χ3v) is 2.99. The number of hydrogen-bond donors (Lipinski definition) is 2. The molecule has 1 rings (SSSR count). The molecule has 0 bridgehead atoms. The SMILES string of the molecule is CCOC(=O)C(F)(F)C1(O)CCNCC1OCC. The fourth-order valence-corrected chi connectivity index (χ4v) is 2.00. The Morgan fingerprint density at radius 1 is 1.50 bits per heavy atom. The lowest BCUT2D eigenvalue weighted by Gasteiger charge is -2.42. The normalized spacial score (nSPS) is 29.1. The molecular formula is C11H19F2NO4. The van der Waals surface area contributed by atoms with E-state index in [1.54, 1.807) is 6.92 Å². The molecule has 0 amide bonds. The summed E-state index contributed by atoms with van der Waals surface area (Å²) >= 11 is 0. The quantitative estimate of drug-likeness (QED) is 0.702. The molecule has 0 aliphatic carbocycles. The minimum Gasteiger partial charge on any atom is -0.461 e. The summed E-state index contributed by atoms with van der Waals surface area (Å²) in [6.07, 6.45) is -1.42. The number of alkyl halides is 2. The topological polar surface area (TPSA) is 67.8 Å². The van der Waals surface area contributed by atoms with Gasteiger partial charge in [0.25, 0.3) is 0 Å². The Morgan fingerprint density at radius 3 is 2.72 bits per heavy atom. The molecule has 1 aliphatic rings. The van der Waals surface area contributed by atoms with Crippen molar-refractivity contribution in [2.45, 2.75) is 37.9 Å². The molecule has 18 heavy (non-hydrogen) atoms. The first kappa shape index (κ1) is 15.3. The zero-order valence-electron chi connectivity index (χ0n) is 10.5. The Hall–Kier alpha value is -0.790. The Kier molecular flexibility index (Phi) is 5.01. The summed E-state index contributed by atoms with van der Waals surface area (Å²) in [5.41, 5.74) is -2.53. The van der Waals surface area contributed by atoms with Crippen LogP contribution >= 0.6 is 0 Å². The molecule has 1 fully saturated rings. The molecule has 2 N–H and O–H groups in total. The summed E-state index contributed by atoms with van der Waals surface area (Å²) in [6, 6.07) is 0. The second-order valence-corrected chi connectivity index (χ2v) is 4.12. The van der Waals surface area contributed by atoms with Crippen LogP contribution in [0, 0.1) is 0 Å². The van der Waals surface area contributed by atoms with E-state index in [4.69, 9.17) is 4.74 Å². The molecular weight excluding hydrogens is 248 g/mol. The Labute approximate surface area is 104 Å². The predicted molar refractivity (Wildman–Crippen MR) is 59.4 cm³/mol. The smallest absolute Gasteiger partial charge is 0.380 e. The summed E-state index contributed by atoms with van der Waals surface area (Å²) < 4.78 is 37.5. The van der Waals surface area contributed by atoms with Crippen LogP contribution in [0.4, 0.5) is 8.78 Å². The van der Waals surface area contributed by atoms with Gasteiger partial charge in [-0.15, -0.1) is 0 Å². The molecule has 0 spiro atoms. The van der Waals surface area contributed by atoms with Crippen LogP contribution in [-0.2, 0) is 14.3 Å². The molecule has 2 unspecified atom stereocenters. The molecule has 0 aromatic heterocycles. The molecule has 1 saturated heterocycles. The molecule has 5 nitrogen and oxygen atoms in total. The average Bonchev–Trinajstić information content (AvgIpc) is 2.32. The van der Waals surface area contributed by atoms with Crippen molar-refractivity contribution in [3.05, 3.63) is 0 Å². The minimum atomic E-state index is -3.98. The number of esters is 1. The van der Waals surface area contributed by atoms with Gasteiger partial charge in [0.2, 0.25) is 0 Å².